The number of hydrogen-bond acceptors (Lipinski definition) is 6. The molecule has 1 aliphatic rings. The number of likely N-dealkylation sites (N-methyl/N-ethyl adjacent to an activating group) is 1. The number of sulfonamides is 1. The molecule has 3 rings (SSSR count). The van der Waals surface area contributed by atoms with Crippen molar-refractivity contribution < 1.29 is 17.7 Å². The number of nitrogens with zero attached hydrogens (tertiary/aromatic N) is 3. The van der Waals surface area contributed by atoms with Crippen molar-refractivity contribution in [2.24, 2.45) is 0 Å². The first kappa shape index (κ1) is 21.3. The lowest BCUT2D eigenvalue weighted by molar-refractivity contribution is -0.131. The third-order valence-electron chi connectivity index (χ3n) is 5.16. The van der Waals surface area contributed by atoms with Gasteiger partial charge in [-0.05, 0) is 45.2 Å². The lowest BCUT2D eigenvalue weighted by Gasteiger charge is -2.26. The molecular formula is C20H28N4O4S. The number of nitrogens with one attached hydrogen (secondary N) is 1. The van der Waals surface area contributed by atoms with E-state index in [1.165, 1.54) is 19.8 Å². The van der Waals surface area contributed by atoms with Gasteiger partial charge in [-0.2, -0.15) is 4.72 Å². The molecule has 0 spiro atoms. The molecule has 1 N–H and O–H groups in total. The van der Waals surface area contributed by atoms with Crippen LogP contribution in [0.2, 0.25) is 0 Å². The van der Waals surface area contributed by atoms with E-state index in [-0.39, 0.29) is 22.3 Å². The Balaban J connectivity index is 1.71. The topological polar surface area (TPSA) is 95.8 Å². The van der Waals surface area contributed by atoms with Crippen molar-refractivity contribution in [3.05, 3.63) is 41.3 Å². The Morgan fingerprint density at radius 2 is 1.93 bits per heavy atom. The van der Waals surface area contributed by atoms with E-state index in [0.717, 1.165) is 24.3 Å². The zero-order valence-electron chi connectivity index (χ0n) is 17.3. The lowest BCUT2D eigenvalue weighted by atomic mass is 10.1. The molecule has 1 aromatic heterocycles. The smallest absolute Gasteiger partial charge is 0.246 e. The third kappa shape index (κ3) is 4.62. The van der Waals surface area contributed by atoms with E-state index < -0.39 is 16.1 Å². The van der Waals surface area contributed by atoms with Crippen LogP contribution in [-0.2, 0) is 21.4 Å². The van der Waals surface area contributed by atoms with Crippen LogP contribution in [0, 0.1) is 13.8 Å². The molecule has 2 heterocycles. The Kier molecular flexibility index (Phi) is 6.28. The second kappa shape index (κ2) is 8.54. The highest BCUT2D eigenvalue weighted by Gasteiger charge is 2.29. The summed E-state index contributed by atoms with van der Waals surface area (Å²) in [5, 5.41) is 3.68. The van der Waals surface area contributed by atoms with Gasteiger partial charge in [-0.3, -0.25) is 4.79 Å². The predicted molar refractivity (Wildman–Crippen MR) is 110 cm³/mol. The molecule has 0 radical (unpaired) electrons. The molecule has 1 aromatic carbocycles. The van der Waals surface area contributed by atoms with Crippen molar-refractivity contribution in [1.82, 2.24) is 14.8 Å². The number of aryl methyl sites for hydroxylation is 2. The summed E-state index contributed by atoms with van der Waals surface area (Å²) >= 11 is 0. The predicted octanol–water partition coefficient (Wildman–Crippen LogP) is 2.22. The summed E-state index contributed by atoms with van der Waals surface area (Å²) < 4.78 is 32.7. The fourth-order valence-corrected chi connectivity index (χ4v) is 5.30. The summed E-state index contributed by atoms with van der Waals surface area (Å²) in [5.41, 5.74) is 2.45. The van der Waals surface area contributed by atoms with Gasteiger partial charge in [0.15, 0.2) is 5.76 Å². The number of aromatic nitrogens is 1. The van der Waals surface area contributed by atoms with E-state index in [0.29, 0.717) is 6.54 Å². The lowest BCUT2D eigenvalue weighted by Crippen LogP contribution is -2.45. The van der Waals surface area contributed by atoms with Crippen molar-refractivity contribution in [3.8, 4) is 0 Å². The molecule has 29 heavy (non-hydrogen) atoms. The summed E-state index contributed by atoms with van der Waals surface area (Å²) in [4.78, 5) is 16.7. The van der Waals surface area contributed by atoms with Crippen molar-refractivity contribution in [2.45, 2.75) is 51.1 Å². The van der Waals surface area contributed by atoms with Gasteiger partial charge < -0.3 is 14.3 Å². The Labute approximate surface area is 171 Å². The second-order valence-corrected chi connectivity index (χ2v) is 9.16. The minimum atomic E-state index is -3.91. The standard InChI is InChI=1S/C20H28N4O4S/c1-14-19(16(3)28-21-14)29(26,27)22-15(2)20(25)23(4)13-17-9-5-6-10-18(17)24-11-7-8-12-24/h5-6,9-10,15,22H,7-8,11-13H2,1-4H3/t15-/m1/s1. The second-order valence-electron chi connectivity index (χ2n) is 7.51. The summed E-state index contributed by atoms with van der Waals surface area (Å²) in [6, 6.07) is 7.12. The Morgan fingerprint density at radius 3 is 2.55 bits per heavy atom. The van der Waals surface area contributed by atoms with Crippen molar-refractivity contribution in [2.75, 3.05) is 25.0 Å². The van der Waals surface area contributed by atoms with Gasteiger partial charge in [0.2, 0.25) is 15.9 Å². The van der Waals surface area contributed by atoms with Crippen LogP contribution in [0.1, 0.15) is 36.8 Å². The highest BCUT2D eigenvalue weighted by atomic mass is 32.2. The molecule has 158 valence electrons. The molecular weight excluding hydrogens is 392 g/mol. The van der Waals surface area contributed by atoms with E-state index in [4.69, 9.17) is 4.52 Å². The first-order valence-corrected chi connectivity index (χ1v) is 11.2. The SMILES string of the molecule is Cc1noc(C)c1S(=O)(=O)N[C@H](C)C(=O)N(C)Cc1ccccc1N1CCCC1. The molecule has 9 heteroatoms. The van der Waals surface area contributed by atoms with Crippen LogP contribution in [0.15, 0.2) is 33.7 Å². The van der Waals surface area contributed by atoms with Gasteiger partial charge in [0.1, 0.15) is 10.6 Å². The molecule has 1 aliphatic heterocycles. The molecule has 2 aromatic rings. The molecule has 1 atom stereocenters. The zero-order valence-corrected chi connectivity index (χ0v) is 18.1. The van der Waals surface area contributed by atoms with Crippen LogP contribution in [0.25, 0.3) is 0 Å². The minimum Gasteiger partial charge on any atom is -0.371 e. The average molecular weight is 421 g/mol. The quantitative estimate of drug-likeness (QED) is 0.738. The largest absolute Gasteiger partial charge is 0.371 e. The number of carbonyl (C=O) groups excluding carboxylic acids is 1. The van der Waals surface area contributed by atoms with E-state index in [1.807, 2.05) is 18.2 Å². The Morgan fingerprint density at radius 1 is 1.28 bits per heavy atom. The Bertz CT molecular complexity index is 961. The third-order valence-corrected chi connectivity index (χ3v) is 6.95. The average Bonchev–Trinajstić information content (AvgIpc) is 3.31. The van der Waals surface area contributed by atoms with Gasteiger partial charge in [-0.15, -0.1) is 0 Å². The van der Waals surface area contributed by atoms with Gasteiger partial charge in [-0.1, -0.05) is 23.4 Å². The van der Waals surface area contributed by atoms with Gasteiger partial charge in [0, 0.05) is 32.4 Å². The summed E-state index contributed by atoms with van der Waals surface area (Å²) in [6.07, 6.45) is 2.34. The normalized spacial score (nSPS) is 15.5. The minimum absolute atomic E-state index is 0.0146. The van der Waals surface area contributed by atoms with Crippen LogP contribution in [-0.4, -0.2) is 50.6 Å². The highest BCUT2D eigenvalue weighted by molar-refractivity contribution is 7.89. The van der Waals surface area contributed by atoms with Gasteiger partial charge in [0.05, 0.1) is 6.04 Å². The van der Waals surface area contributed by atoms with Crippen LogP contribution in [0.3, 0.4) is 0 Å². The Hall–Kier alpha value is -2.39. The number of benzene rings is 1. The number of amides is 1. The number of hydrogen-bond donors (Lipinski definition) is 1. The van der Waals surface area contributed by atoms with Gasteiger partial charge >= 0.3 is 0 Å². The molecule has 1 amide bonds. The highest BCUT2D eigenvalue weighted by Crippen LogP contribution is 2.25. The fraction of sp³-hybridized carbons (Fsp3) is 0.500. The first-order valence-electron chi connectivity index (χ1n) is 9.73. The van der Waals surface area contributed by atoms with Gasteiger partial charge in [0.25, 0.3) is 0 Å². The van der Waals surface area contributed by atoms with E-state index >= 15 is 0 Å². The van der Waals surface area contributed by atoms with Gasteiger partial charge in [-0.25, -0.2) is 8.42 Å². The van der Waals surface area contributed by atoms with Crippen molar-refractivity contribution >= 4 is 21.6 Å². The maximum atomic E-state index is 12.8. The number of carbonyl (C=O) groups is 1. The number of anilines is 1. The van der Waals surface area contributed by atoms with E-state index in [2.05, 4.69) is 20.8 Å². The van der Waals surface area contributed by atoms with E-state index in [1.54, 1.807) is 25.8 Å². The van der Waals surface area contributed by atoms with Crippen molar-refractivity contribution in [1.29, 1.82) is 0 Å². The summed E-state index contributed by atoms with van der Waals surface area (Å²) in [6.45, 7) is 7.07. The summed E-state index contributed by atoms with van der Waals surface area (Å²) in [7, 11) is -2.23. The number of para-hydroxylation sites is 1. The van der Waals surface area contributed by atoms with E-state index in [9.17, 15) is 13.2 Å². The van der Waals surface area contributed by atoms with Crippen LogP contribution < -0.4 is 9.62 Å². The molecule has 0 unspecified atom stereocenters. The van der Waals surface area contributed by atoms with Crippen LogP contribution in [0.5, 0.6) is 0 Å². The maximum absolute atomic E-state index is 12.8. The monoisotopic (exact) mass is 420 g/mol. The molecule has 8 nitrogen and oxygen atoms in total. The molecule has 0 aliphatic carbocycles. The number of rotatable bonds is 7. The van der Waals surface area contributed by atoms with Crippen LogP contribution in [0.4, 0.5) is 5.69 Å². The molecule has 1 saturated heterocycles. The van der Waals surface area contributed by atoms with Crippen LogP contribution >= 0.6 is 0 Å². The molecule has 0 saturated carbocycles. The first-order chi connectivity index (χ1) is 13.7. The zero-order chi connectivity index (χ0) is 21.2. The maximum Gasteiger partial charge on any atom is 0.246 e. The summed E-state index contributed by atoms with van der Waals surface area (Å²) in [5.74, 6) is -0.112. The molecule has 0 bridgehead atoms. The molecule has 1 fully saturated rings. The fourth-order valence-electron chi connectivity index (χ4n) is 3.78. The van der Waals surface area contributed by atoms with Crippen molar-refractivity contribution in [3.63, 3.8) is 0 Å².